The Labute approximate surface area is 267 Å². The highest BCUT2D eigenvalue weighted by atomic mass is 127. The molecule has 0 bridgehead atoms. The highest BCUT2D eigenvalue weighted by molar-refractivity contribution is 14.1. The molecule has 0 N–H and O–H groups in total. The zero-order valence-electron chi connectivity index (χ0n) is 21.3. The normalized spacial score (nSPS) is 10.8. The summed E-state index contributed by atoms with van der Waals surface area (Å²) in [5.74, 6) is 0. The van der Waals surface area contributed by atoms with Crippen LogP contribution < -0.4 is 0 Å². The standard InChI is InChI=1S/C34H18I2N2O2S/c35-27-11-5-9-25-21(15-17-29(33(25)27)37-19-39)23-7-1-3-13-31(23)41-32-14-4-2-8-24(32)22-16-18-30(38-20-40)34-26(22)10-6-12-28(34)36/h1-18H. The van der Waals surface area contributed by atoms with Crippen molar-refractivity contribution in [1.82, 2.24) is 0 Å². The molecule has 0 aliphatic heterocycles. The quantitative estimate of drug-likeness (QED) is 0.0962. The first-order valence-electron chi connectivity index (χ1n) is 12.6. The molecule has 7 heteroatoms. The molecule has 0 spiro atoms. The molecule has 0 radical (unpaired) electrons. The van der Waals surface area contributed by atoms with Gasteiger partial charge in [-0.1, -0.05) is 84.6 Å². The molecule has 0 atom stereocenters. The lowest BCUT2D eigenvalue weighted by Crippen LogP contribution is -1.89. The summed E-state index contributed by atoms with van der Waals surface area (Å²) in [7, 11) is 0. The topological polar surface area (TPSA) is 58.9 Å². The average molecular weight is 772 g/mol. The van der Waals surface area contributed by atoms with Crippen LogP contribution in [0.5, 0.6) is 0 Å². The van der Waals surface area contributed by atoms with Gasteiger partial charge in [-0.05, 0) is 115 Å². The Morgan fingerprint density at radius 1 is 0.488 bits per heavy atom. The van der Waals surface area contributed by atoms with Gasteiger partial charge in [-0.3, -0.25) is 0 Å². The summed E-state index contributed by atoms with van der Waals surface area (Å²) < 4.78 is 2.05. The van der Waals surface area contributed by atoms with E-state index in [4.69, 9.17) is 0 Å². The third kappa shape index (κ3) is 5.27. The Morgan fingerprint density at radius 2 is 0.927 bits per heavy atom. The van der Waals surface area contributed by atoms with Crippen molar-refractivity contribution < 1.29 is 9.59 Å². The Kier molecular flexibility index (Phi) is 8.14. The van der Waals surface area contributed by atoms with E-state index in [-0.39, 0.29) is 0 Å². The predicted octanol–water partition coefficient (Wildman–Crippen LogP) is 10.6. The molecule has 4 nitrogen and oxygen atoms in total. The highest BCUT2D eigenvalue weighted by Gasteiger charge is 2.17. The molecule has 0 fully saturated rings. The largest absolute Gasteiger partial charge is 0.240 e. The molecule has 0 aliphatic carbocycles. The number of benzene rings is 6. The van der Waals surface area contributed by atoms with Crippen LogP contribution in [0.15, 0.2) is 129 Å². The molecular weight excluding hydrogens is 754 g/mol. The van der Waals surface area contributed by atoms with E-state index >= 15 is 0 Å². The Hall–Kier alpha value is -3.59. The molecule has 0 aliphatic rings. The van der Waals surface area contributed by atoms with Crippen LogP contribution in [0.3, 0.4) is 0 Å². The number of aliphatic imine (C=N–C) groups is 2. The fourth-order valence-electron chi connectivity index (χ4n) is 5.12. The molecule has 0 heterocycles. The van der Waals surface area contributed by atoms with Crippen molar-refractivity contribution in [3.8, 4) is 22.3 Å². The first kappa shape index (κ1) is 27.6. The first-order chi connectivity index (χ1) is 20.1. The number of nitrogens with zero attached hydrogens (tertiary/aromatic N) is 2. The summed E-state index contributed by atoms with van der Waals surface area (Å²) in [6, 6.07) is 36.8. The molecule has 41 heavy (non-hydrogen) atoms. The second kappa shape index (κ2) is 12.1. The third-order valence-corrected chi connectivity index (χ3v) is 9.79. The smallest absolute Gasteiger partial charge is 0.211 e. The predicted molar refractivity (Wildman–Crippen MR) is 184 cm³/mol. The van der Waals surface area contributed by atoms with Crippen LogP contribution in [0.2, 0.25) is 0 Å². The summed E-state index contributed by atoms with van der Waals surface area (Å²) >= 11 is 6.29. The van der Waals surface area contributed by atoms with Crippen molar-refractivity contribution in [3.63, 3.8) is 0 Å². The van der Waals surface area contributed by atoms with Gasteiger partial charge in [-0.15, -0.1) is 0 Å². The van der Waals surface area contributed by atoms with Gasteiger partial charge in [-0.2, -0.15) is 9.98 Å². The molecule has 0 amide bonds. The summed E-state index contributed by atoms with van der Waals surface area (Å²) in [4.78, 5) is 32.4. The number of isocyanates is 2. The highest BCUT2D eigenvalue weighted by Crippen LogP contribution is 2.45. The summed E-state index contributed by atoms with van der Waals surface area (Å²) in [5, 5.41) is 3.94. The number of rotatable bonds is 6. The maximum atomic E-state index is 11.1. The van der Waals surface area contributed by atoms with Gasteiger partial charge in [0.2, 0.25) is 12.2 Å². The van der Waals surface area contributed by atoms with Crippen molar-refractivity contribution in [2.24, 2.45) is 9.98 Å². The van der Waals surface area contributed by atoms with E-state index in [0.717, 1.165) is 60.7 Å². The first-order valence-corrected chi connectivity index (χ1v) is 15.5. The maximum Gasteiger partial charge on any atom is 0.240 e. The van der Waals surface area contributed by atoms with Gasteiger partial charge < -0.3 is 0 Å². The van der Waals surface area contributed by atoms with E-state index in [2.05, 4.69) is 104 Å². The third-order valence-electron chi connectivity index (χ3n) is 6.84. The van der Waals surface area contributed by atoms with Crippen molar-refractivity contribution in [2.45, 2.75) is 9.79 Å². The molecular formula is C34H18I2N2O2S. The van der Waals surface area contributed by atoms with E-state index in [1.807, 2.05) is 60.7 Å². The van der Waals surface area contributed by atoms with Crippen LogP contribution in [0, 0.1) is 7.14 Å². The van der Waals surface area contributed by atoms with Crippen LogP contribution in [0.25, 0.3) is 43.8 Å². The van der Waals surface area contributed by atoms with E-state index in [0.29, 0.717) is 11.4 Å². The summed E-state index contributed by atoms with van der Waals surface area (Å²) in [5.41, 5.74) is 5.55. The minimum absolute atomic E-state index is 0.614. The van der Waals surface area contributed by atoms with Crippen molar-refractivity contribution in [2.75, 3.05) is 0 Å². The number of halogens is 2. The van der Waals surface area contributed by atoms with Gasteiger partial charge in [0, 0.05) is 27.7 Å². The minimum Gasteiger partial charge on any atom is -0.211 e. The van der Waals surface area contributed by atoms with Crippen LogP contribution in [0.1, 0.15) is 0 Å². The molecule has 6 aromatic carbocycles. The zero-order chi connectivity index (χ0) is 28.3. The summed E-state index contributed by atoms with van der Waals surface area (Å²) in [6.07, 6.45) is 3.39. The van der Waals surface area contributed by atoms with Gasteiger partial charge >= 0.3 is 0 Å². The van der Waals surface area contributed by atoms with Crippen LogP contribution in [0.4, 0.5) is 11.4 Å². The Bertz CT molecular complexity index is 1930. The van der Waals surface area contributed by atoms with E-state index < -0.39 is 0 Å². The Balaban J connectivity index is 1.52. The van der Waals surface area contributed by atoms with Gasteiger partial charge in [0.05, 0.1) is 11.4 Å². The average Bonchev–Trinajstić information content (AvgIpc) is 2.99. The number of hydrogen-bond acceptors (Lipinski definition) is 5. The van der Waals surface area contributed by atoms with Crippen molar-refractivity contribution >= 4 is 102 Å². The fraction of sp³-hybridized carbons (Fsp3) is 0. The van der Waals surface area contributed by atoms with E-state index in [9.17, 15) is 9.59 Å². The monoisotopic (exact) mass is 772 g/mol. The van der Waals surface area contributed by atoms with Gasteiger partial charge in [0.25, 0.3) is 0 Å². The lowest BCUT2D eigenvalue weighted by atomic mass is 9.97. The molecule has 0 saturated carbocycles. The van der Waals surface area contributed by atoms with Gasteiger partial charge in [-0.25, -0.2) is 9.59 Å². The van der Waals surface area contributed by atoms with Crippen LogP contribution in [-0.4, -0.2) is 12.2 Å². The van der Waals surface area contributed by atoms with Gasteiger partial charge in [0.15, 0.2) is 0 Å². The maximum absolute atomic E-state index is 11.1. The molecule has 6 aromatic rings. The lowest BCUT2D eigenvalue weighted by Gasteiger charge is -2.16. The molecule has 0 unspecified atom stereocenters. The SMILES string of the molecule is O=C=Nc1ccc(-c2ccccc2Sc2ccccc2-c2ccc(N=C=O)c3c(I)cccc23)c2cccc(I)c12. The number of carbonyl (C=O) groups excluding carboxylic acids is 2. The number of fused-ring (bicyclic) bond motifs is 2. The lowest BCUT2D eigenvalue weighted by molar-refractivity contribution is 0.564. The van der Waals surface area contributed by atoms with Crippen LogP contribution in [-0.2, 0) is 9.59 Å². The van der Waals surface area contributed by atoms with E-state index in [1.54, 1.807) is 23.9 Å². The van der Waals surface area contributed by atoms with Gasteiger partial charge in [0.1, 0.15) is 0 Å². The molecule has 0 aromatic heterocycles. The second-order valence-electron chi connectivity index (χ2n) is 9.09. The van der Waals surface area contributed by atoms with E-state index in [1.165, 1.54) is 0 Å². The molecule has 196 valence electrons. The van der Waals surface area contributed by atoms with Crippen LogP contribution >= 0.6 is 56.9 Å². The second-order valence-corrected chi connectivity index (χ2v) is 12.5. The molecule has 6 rings (SSSR count). The van der Waals surface area contributed by atoms with Crippen molar-refractivity contribution in [3.05, 3.63) is 116 Å². The summed E-state index contributed by atoms with van der Waals surface area (Å²) in [6.45, 7) is 0. The Morgan fingerprint density at radius 3 is 1.37 bits per heavy atom. The number of hydrogen-bond donors (Lipinski definition) is 0. The minimum atomic E-state index is 0.614. The zero-order valence-corrected chi connectivity index (χ0v) is 26.4. The fourth-order valence-corrected chi connectivity index (χ4v) is 7.77. The van der Waals surface area contributed by atoms with Crippen molar-refractivity contribution in [1.29, 1.82) is 0 Å². The molecule has 0 saturated heterocycles.